The van der Waals surface area contributed by atoms with Crippen LogP contribution in [0.5, 0.6) is 5.75 Å². The van der Waals surface area contributed by atoms with Crippen molar-refractivity contribution in [2.75, 3.05) is 37.4 Å². The lowest BCUT2D eigenvalue weighted by molar-refractivity contribution is 0.238. The molecule has 88 valence electrons. The van der Waals surface area contributed by atoms with Crippen LogP contribution in [0.2, 0.25) is 0 Å². The number of aliphatic hydroxyl groups excluding tert-OH is 1. The van der Waals surface area contributed by atoms with E-state index >= 15 is 0 Å². The van der Waals surface area contributed by atoms with Gasteiger partial charge in [-0.15, -0.1) is 0 Å². The summed E-state index contributed by atoms with van der Waals surface area (Å²) in [6.45, 7) is 2.07. The first-order valence-electron chi connectivity index (χ1n) is 5.54. The number of nitrogens with two attached hydrogens (primary N) is 1. The molecular weight excluding hydrogens is 204 g/mol. The van der Waals surface area contributed by atoms with E-state index in [0.29, 0.717) is 17.4 Å². The fourth-order valence-corrected chi connectivity index (χ4v) is 2.19. The quantitative estimate of drug-likeness (QED) is 0.752. The molecule has 16 heavy (non-hydrogen) atoms. The summed E-state index contributed by atoms with van der Waals surface area (Å²) in [4.78, 5) is 2.21. The van der Waals surface area contributed by atoms with E-state index < -0.39 is 0 Å². The molecule has 0 spiro atoms. The maximum Gasteiger partial charge on any atom is 0.143 e. The summed E-state index contributed by atoms with van der Waals surface area (Å²) in [5.74, 6) is 1.08. The van der Waals surface area contributed by atoms with Crippen molar-refractivity contribution in [1.29, 1.82) is 0 Å². The highest BCUT2D eigenvalue weighted by Crippen LogP contribution is 2.34. The Morgan fingerprint density at radius 2 is 2.38 bits per heavy atom. The van der Waals surface area contributed by atoms with Crippen LogP contribution in [0.25, 0.3) is 0 Å². The SMILES string of the molecule is COc1cccc(N2CCC(CO)C2)c1N. The Labute approximate surface area is 95.6 Å². The second-order valence-electron chi connectivity index (χ2n) is 4.18. The van der Waals surface area contributed by atoms with Crippen molar-refractivity contribution in [3.8, 4) is 5.75 Å². The van der Waals surface area contributed by atoms with Gasteiger partial charge in [-0.25, -0.2) is 0 Å². The molecule has 1 heterocycles. The van der Waals surface area contributed by atoms with Crippen LogP contribution in [-0.2, 0) is 0 Å². The molecule has 0 aliphatic carbocycles. The summed E-state index contributed by atoms with van der Waals surface area (Å²) in [6, 6.07) is 5.80. The average molecular weight is 222 g/mol. The van der Waals surface area contributed by atoms with Crippen LogP contribution >= 0.6 is 0 Å². The number of methoxy groups -OCH3 is 1. The Balaban J connectivity index is 2.21. The summed E-state index contributed by atoms with van der Waals surface area (Å²) >= 11 is 0. The Bertz CT molecular complexity index is 368. The van der Waals surface area contributed by atoms with Crippen LogP contribution < -0.4 is 15.4 Å². The van der Waals surface area contributed by atoms with Gasteiger partial charge in [0.2, 0.25) is 0 Å². The monoisotopic (exact) mass is 222 g/mol. The fraction of sp³-hybridized carbons (Fsp3) is 0.500. The van der Waals surface area contributed by atoms with Gasteiger partial charge >= 0.3 is 0 Å². The van der Waals surface area contributed by atoms with Gasteiger partial charge in [0.1, 0.15) is 5.75 Å². The number of aliphatic hydroxyl groups is 1. The number of rotatable bonds is 3. The molecule has 1 atom stereocenters. The van der Waals surface area contributed by atoms with Crippen LogP contribution in [0.1, 0.15) is 6.42 Å². The number of benzene rings is 1. The number of ether oxygens (including phenoxy) is 1. The standard InChI is InChI=1S/C12H18N2O2/c1-16-11-4-2-3-10(12(11)13)14-6-5-9(7-14)8-15/h2-4,9,15H,5-8,13H2,1H3. The summed E-state index contributed by atoms with van der Waals surface area (Å²) in [6.07, 6.45) is 1.02. The van der Waals surface area contributed by atoms with Crippen molar-refractivity contribution < 1.29 is 9.84 Å². The van der Waals surface area contributed by atoms with Gasteiger partial charge in [-0.2, -0.15) is 0 Å². The number of hydrogen-bond donors (Lipinski definition) is 2. The van der Waals surface area contributed by atoms with Crippen LogP contribution in [0, 0.1) is 5.92 Å². The normalized spacial score (nSPS) is 20.1. The van der Waals surface area contributed by atoms with Gasteiger partial charge < -0.3 is 20.5 Å². The first-order valence-corrected chi connectivity index (χ1v) is 5.54. The van der Waals surface area contributed by atoms with Crippen molar-refractivity contribution in [1.82, 2.24) is 0 Å². The van der Waals surface area contributed by atoms with Crippen molar-refractivity contribution in [3.63, 3.8) is 0 Å². The van der Waals surface area contributed by atoms with E-state index in [4.69, 9.17) is 15.6 Å². The third-order valence-electron chi connectivity index (χ3n) is 3.15. The summed E-state index contributed by atoms with van der Waals surface area (Å²) < 4.78 is 5.20. The zero-order valence-corrected chi connectivity index (χ0v) is 9.52. The van der Waals surface area contributed by atoms with E-state index in [1.54, 1.807) is 7.11 Å². The summed E-state index contributed by atoms with van der Waals surface area (Å²) in [5.41, 5.74) is 7.72. The molecule has 1 fully saturated rings. The molecule has 1 aromatic rings. The van der Waals surface area contributed by atoms with E-state index in [1.807, 2.05) is 18.2 Å². The van der Waals surface area contributed by atoms with Gasteiger partial charge in [0.05, 0.1) is 18.5 Å². The molecule has 4 heteroatoms. The number of nitrogen functional groups attached to an aromatic ring is 1. The van der Waals surface area contributed by atoms with E-state index in [1.165, 1.54) is 0 Å². The minimum atomic E-state index is 0.250. The molecule has 0 amide bonds. The predicted molar refractivity (Wildman–Crippen MR) is 64.8 cm³/mol. The lowest BCUT2D eigenvalue weighted by Gasteiger charge is -2.21. The Morgan fingerprint density at radius 3 is 3.00 bits per heavy atom. The molecule has 1 saturated heterocycles. The average Bonchev–Trinajstić information content (AvgIpc) is 2.78. The number of para-hydroxylation sites is 1. The van der Waals surface area contributed by atoms with Crippen molar-refractivity contribution in [2.45, 2.75) is 6.42 Å². The van der Waals surface area contributed by atoms with E-state index in [-0.39, 0.29) is 6.61 Å². The molecule has 3 N–H and O–H groups in total. The molecule has 0 radical (unpaired) electrons. The molecule has 0 aromatic heterocycles. The molecule has 1 aliphatic rings. The van der Waals surface area contributed by atoms with Gasteiger partial charge in [-0.3, -0.25) is 0 Å². The van der Waals surface area contributed by atoms with Crippen LogP contribution in [-0.4, -0.2) is 31.9 Å². The third-order valence-corrected chi connectivity index (χ3v) is 3.15. The highest BCUT2D eigenvalue weighted by atomic mass is 16.5. The van der Waals surface area contributed by atoms with Gasteiger partial charge in [0, 0.05) is 25.6 Å². The molecule has 0 saturated carbocycles. The van der Waals surface area contributed by atoms with Crippen LogP contribution in [0.3, 0.4) is 0 Å². The van der Waals surface area contributed by atoms with Crippen LogP contribution in [0.15, 0.2) is 18.2 Å². The predicted octanol–water partition coefficient (Wildman–Crippen LogP) is 1.10. The highest BCUT2D eigenvalue weighted by Gasteiger charge is 2.23. The third kappa shape index (κ3) is 1.93. The van der Waals surface area contributed by atoms with Gasteiger partial charge in [-0.1, -0.05) is 6.07 Å². The molecule has 1 unspecified atom stereocenters. The van der Waals surface area contributed by atoms with Crippen LogP contribution in [0.4, 0.5) is 11.4 Å². The summed E-state index contributed by atoms with van der Waals surface area (Å²) in [5, 5.41) is 9.12. The smallest absolute Gasteiger partial charge is 0.143 e. The lowest BCUT2D eigenvalue weighted by atomic mass is 10.1. The largest absolute Gasteiger partial charge is 0.495 e. The zero-order chi connectivity index (χ0) is 11.5. The maximum absolute atomic E-state index is 9.12. The minimum Gasteiger partial charge on any atom is -0.495 e. The Kier molecular flexibility index (Phi) is 3.19. The first kappa shape index (κ1) is 11.1. The Morgan fingerprint density at radius 1 is 1.56 bits per heavy atom. The Hall–Kier alpha value is -1.42. The first-order chi connectivity index (χ1) is 7.76. The zero-order valence-electron chi connectivity index (χ0n) is 9.52. The summed E-state index contributed by atoms with van der Waals surface area (Å²) in [7, 11) is 1.62. The van der Waals surface area contributed by atoms with Gasteiger partial charge in [0.25, 0.3) is 0 Å². The van der Waals surface area contributed by atoms with Gasteiger partial charge in [-0.05, 0) is 18.6 Å². The van der Waals surface area contributed by atoms with Crippen molar-refractivity contribution in [2.24, 2.45) is 5.92 Å². The highest BCUT2D eigenvalue weighted by molar-refractivity contribution is 5.74. The second-order valence-corrected chi connectivity index (χ2v) is 4.18. The molecule has 1 aliphatic heterocycles. The lowest BCUT2D eigenvalue weighted by Crippen LogP contribution is -2.21. The number of anilines is 2. The van der Waals surface area contributed by atoms with Gasteiger partial charge in [0.15, 0.2) is 0 Å². The fourth-order valence-electron chi connectivity index (χ4n) is 2.19. The van der Waals surface area contributed by atoms with E-state index in [9.17, 15) is 0 Å². The molecular formula is C12H18N2O2. The molecule has 1 aromatic carbocycles. The van der Waals surface area contributed by atoms with Crippen molar-refractivity contribution in [3.05, 3.63) is 18.2 Å². The molecule has 4 nitrogen and oxygen atoms in total. The number of nitrogens with zero attached hydrogens (tertiary/aromatic N) is 1. The number of hydrogen-bond acceptors (Lipinski definition) is 4. The second kappa shape index (κ2) is 4.61. The maximum atomic E-state index is 9.12. The minimum absolute atomic E-state index is 0.250. The van der Waals surface area contributed by atoms with E-state index in [0.717, 1.165) is 25.2 Å². The molecule has 0 bridgehead atoms. The van der Waals surface area contributed by atoms with Crippen molar-refractivity contribution >= 4 is 11.4 Å². The topological polar surface area (TPSA) is 58.7 Å². The molecule has 2 rings (SSSR count). The van der Waals surface area contributed by atoms with E-state index in [2.05, 4.69) is 4.90 Å².